The second-order valence-corrected chi connectivity index (χ2v) is 10.4. The molecule has 1 amide bonds. The number of hydrogen-bond donors (Lipinski definition) is 1. The van der Waals surface area contributed by atoms with E-state index in [1.54, 1.807) is 12.1 Å². The first kappa shape index (κ1) is 20.8. The minimum atomic E-state index is -3.41. The Morgan fingerprint density at radius 2 is 1.86 bits per heavy atom. The van der Waals surface area contributed by atoms with Gasteiger partial charge in [0, 0.05) is 43.3 Å². The Kier molecular flexibility index (Phi) is 6.74. The van der Waals surface area contributed by atoms with E-state index in [1.165, 1.54) is 15.6 Å². The van der Waals surface area contributed by atoms with Crippen molar-refractivity contribution in [2.45, 2.75) is 36.4 Å². The van der Waals surface area contributed by atoms with Crippen LogP contribution in [0.2, 0.25) is 0 Å². The molecule has 0 spiro atoms. The van der Waals surface area contributed by atoms with E-state index in [0.717, 1.165) is 23.4 Å². The lowest BCUT2D eigenvalue weighted by molar-refractivity contribution is -0.120. The van der Waals surface area contributed by atoms with Crippen molar-refractivity contribution < 1.29 is 13.2 Å². The third kappa shape index (κ3) is 4.92. The maximum absolute atomic E-state index is 12.6. The number of likely N-dealkylation sites (N-methyl/N-ethyl adjacent to an activating group) is 1. The van der Waals surface area contributed by atoms with Gasteiger partial charge in [0.05, 0.1) is 6.42 Å². The molecule has 1 aromatic carbocycles. The van der Waals surface area contributed by atoms with Gasteiger partial charge < -0.3 is 10.2 Å². The predicted molar refractivity (Wildman–Crippen MR) is 113 cm³/mol. The fraction of sp³-hybridized carbons (Fsp3) is 0.450. The van der Waals surface area contributed by atoms with Gasteiger partial charge >= 0.3 is 0 Å². The molecule has 6 nitrogen and oxygen atoms in total. The monoisotopic (exact) mass is 421 g/mol. The van der Waals surface area contributed by atoms with Crippen LogP contribution < -0.4 is 10.2 Å². The van der Waals surface area contributed by atoms with E-state index in [2.05, 4.69) is 17.1 Å². The van der Waals surface area contributed by atoms with Crippen LogP contribution in [0, 0.1) is 0 Å². The molecule has 1 saturated heterocycles. The Morgan fingerprint density at radius 1 is 1.18 bits per heavy atom. The summed E-state index contributed by atoms with van der Waals surface area (Å²) in [6, 6.07) is 13.5. The van der Waals surface area contributed by atoms with Crippen LogP contribution in [0.15, 0.2) is 46.7 Å². The third-order valence-corrected chi connectivity index (χ3v) is 8.50. The minimum absolute atomic E-state index is 0.0970. The van der Waals surface area contributed by atoms with Crippen LogP contribution >= 0.6 is 11.3 Å². The van der Waals surface area contributed by atoms with Gasteiger partial charge in [0.2, 0.25) is 5.91 Å². The predicted octanol–water partition coefficient (Wildman–Crippen LogP) is 2.72. The SMILES string of the molecule is CC(CNC(=O)Cc1ccc(S(=O)(=O)N2CCCC2)s1)N(C)c1ccccc1. The molecule has 0 saturated carbocycles. The second-order valence-electron chi connectivity index (χ2n) is 7.11. The number of amides is 1. The number of para-hydroxylation sites is 1. The number of nitrogens with zero attached hydrogens (tertiary/aromatic N) is 2. The molecule has 3 rings (SSSR count). The summed E-state index contributed by atoms with van der Waals surface area (Å²) >= 11 is 1.19. The van der Waals surface area contributed by atoms with Crippen molar-refractivity contribution in [1.29, 1.82) is 0 Å². The van der Waals surface area contributed by atoms with Crippen molar-refractivity contribution >= 4 is 33.0 Å². The van der Waals surface area contributed by atoms with E-state index >= 15 is 0 Å². The molecular formula is C20H27N3O3S2. The van der Waals surface area contributed by atoms with Gasteiger partial charge in [-0.3, -0.25) is 4.79 Å². The number of rotatable bonds is 8. The Morgan fingerprint density at radius 3 is 2.54 bits per heavy atom. The van der Waals surface area contributed by atoms with Gasteiger partial charge in [0.1, 0.15) is 4.21 Å². The lowest BCUT2D eigenvalue weighted by atomic mass is 10.2. The van der Waals surface area contributed by atoms with E-state index in [1.807, 2.05) is 37.4 Å². The molecule has 0 aliphatic carbocycles. The van der Waals surface area contributed by atoms with E-state index in [4.69, 9.17) is 0 Å². The maximum Gasteiger partial charge on any atom is 0.252 e. The summed E-state index contributed by atoms with van der Waals surface area (Å²) in [5, 5.41) is 2.95. The van der Waals surface area contributed by atoms with Crippen LogP contribution in [0.1, 0.15) is 24.6 Å². The smallest absolute Gasteiger partial charge is 0.252 e. The second kappa shape index (κ2) is 9.07. The molecule has 1 fully saturated rings. The van der Waals surface area contributed by atoms with E-state index in [9.17, 15) is 13.2 Å². The van der Waals surface area contributed by atoms with Crippen LogP contribution in [-0.2, 0) is 21.2 Å². The van der Waals surface area contributed by atoms with Crippen molar-refractivity contribution in [2.75, 3.05) is 31.6 Å². The fourth-order valence-corrected chi connectivity index (χ4v) is 6.21. The maximum atomic E-state index is 12.6. The van der Waals surface area contributed by atoms with Gasteiger partial charge in [0.25, 0.3) is 10.0 Å². The Bertz CT molecular complexity index is 890. The zero-order valence-electron chi connectivity index (χ0n) is 16.3. The highest BCUT2D eigenvalue weighted by atomic mass is 32.2. The average molecular weight is 422 g/mol. The molecule has 0 radical (unpaired) electrons. The van der Waals surface area contributed by atoms with Gasteiger partial charge in [-0.15, -0.1) is 11.3 Å². The van der Waals surface area contributed by atoms with E-state index in [0.29, 0.717) is 23.8 Å². The summed E-state index contributed by atoms with van der Waals surface area (Å²) in [5.74, 6) is -0.0970. The minimum Gasteiger partial charge on any atom is -0.370 e. The molecule has 1 N–H and O–H groups in total. The molecule has 0 bridgehead atoms. The van der Waals surface area contributed by atoms with Gasteiger partial charge in [0.15, 0.2) is 0 Å². The average Bonchev–Trinajstić information content (AvgIpc) is 3.39. The number of nitrogens with one attached hydrogen (secondary N) is 1. The van der Waals surface area contributed by atoms with Crippen molar-refractivity contribution in [1.82, 2.24) is 9.62 Å². The van der Waals surface area contributed by atoms with Crippen molar-refractivity contribution in [2.24, 2.45) is 0 Å². The van der Waals surface area contributed by atoms with Gasteiger partial charge in [-0.1, -0.05) is 18.2 Å². The lowest BCUT2D eigenvalue weighted by Gasteiger charge is -2.27. The van der Waals surface area contributed by atoms with Crippen molar-refractivity contribution in [3.8, 4) is 0 Å². The zero-order valence-corrected chi connectivity index (χ0v) is 17.9. The van der Waals surface area contributed by atoms with Crippen LogP contribution in [0.25, 0.3) is 0 Å². The molecular weight excluding hydrogens is 394 g/mol. The first-order chi connectivity index (χ1) is 13.4. The highest BCUT2D eigenvalue weighted by Gasteiger charge is 2.28. The molecule has 1 unspecified atom stereocenters. The Balaban J connectivity index is 1.52. The number of carbonyl (C=O) groups excluding carboxylic acids is 1. The summed E-state index contributed by atoms with van der Waals surface area (Å²) < 4.78 is 27.0. The standard InChI is InChI=1S/C20H27N3O3S2/c1-16(22(2)17-8-4-3-5-9-17)15-21-19(24)14-18-10-11-20(27-18)28(25,26)23-12-6-7-13-23/h3-5,8-11,16H,6-7,12-15H2,1-2H3,(H,21,24). The highest BCUT2D eigenvalue weighted by molar-refractivity contribution is 7.91. The molecule has 28 heavy (non-hydrogen) atoms. The molecule has 1 aromatic heterocycles. The Hall–Kier alpha value is -1.90. The van der Waals surface area contributed by atoms with Crippen LogP contribution in [-0.4, -0.2) is 51.4 Å². The molecule has 1 aliphatic heterocycles. The number of anilines is 1. The number of carbonyl (C=O) groups is 1. The molecule has 152 valence electrons. The highest BCUT2D eigenvalue weighted by Crippen LogP contribution is 2.27. The van der Waals surface area contributed by atoms with Crippen LogP contribution in [0.5, 0.6) is 0 Å². The molecule has 2 aromatic rings. The zero-order chi connectivity index (χ0) is 20.1. The quantitative estimate of drug-likeness (QED) is 0.712. The fourth-order valence-electron chi connectivity index (χ4n) is 3.18. The molecule has 1 aliphatic rings. The third-order valence-electron chi connectivity index (χ3n) is 5.05. The summed E-state index contributed by atoms with van der Waals surface area (Å²) in [6.45, 7) is 3.75. The number of thiophene rings is 1. The van der Waals surface area contributed by atoms with Gasteiger partial charge in [-0.25, -0.2) is 8.42 Å². The molecule has 1 atom stereocenters. The van der Waals surface area contributed by atoms with E-state index < -0.39 is 10.0 Å². The molecule has 8 heteroatoms. The number of benzene rings is 1. The summed E-state index contributed by atoms with van der Waals surface area (Å²) in [4.78, 5) is 15.2. The summed E-state index contributed by atoms with van der Waals surface area (Å²) in [7, 11) is -1.41. The van der Waals surface area contributed by atoms with Crippen LogP contribution in [0.3, 0.4) is 0 Å². The number of sulfonamides is 1. The first-order valence-corrected chi connectivity index (χ1v) is 11.8. The first-order valence-electron chi connectivity index (χ1n) is 9.51. The molecule has 2 heterocycles. The lowest BCUT2D eigenvalue weighted by Crippen LogP contribution is -2.40. The van der Waals surface area contributed by atoms with Gasteiger partial charge in [-0.2, -0.15) is 4.31 Å². The van der Waals surface area contributed by atoms with E-state index in [-0.39, 0.29) is 18.4 Å². The van der Waals surface area contributed by atoms with Gasteiger partial charge in [-0.05, 0) is 44.0 Å². The van der Waals surface area contributed by atoms with Crippen molar-refractivity contribution in [3.63, 3.8) is 0 Å². The normalized spacial score (nSPS) is 16.1. The topological polar surface area (TPSA) is 69.7 Å². The largest absolute Gasteiger partial charge is 0.370 e. The van der Waals surface area contributed by atoms with Crippen LogP contribution in [0.4, 0.5) is 5.69 Å². The summed E-state index contributed by atoms with van der Waals surface area (Å²) in [6.07, 6.45) is 2.02. The summed E-state index contributed by atoms with van der Waals surface area (Å²) in [5.41, 5.74) is 1.10. The Labute approximate surface area is 171 Å². The van der Waals surface area contributed by atoms with Crippen molar-refractivity contribution in [3.05, 3.63) is 47.3 Å². The number of hydrogen-bond acceptors (Lipinski definition) is 5.